The van der Waals surface area contributed by atoms with Gasteiger partial charge in [-0.25, -0.2) is 13.2 Å². The molecule has 1 fully saturated rings. The highest BCUT2D eigenvalue weighted by molar-refractivity contribution is 7.97. The van der Waals surface area contributed by atoms with Crippen molar-refractivity contribution in [3.63, 3.8) is 0 Å². The van der Waals surface area contributed by atoms with E-state index in [1.165, 1.54) is 35.5 Å². The minimum absolute atomic E-state index is 0.0880. The van der Waals surface area contributed by atoms with E-state index in [4.69, 9.17) is 10.7 Å². The van der Waals surface area contributed by atoms with Gasteiger partial charge in [-0.15, -0.1) is 0 Å². The number of benzene rings is 2. The molecule has 10 heteroatoms. The van der Waals surface area contributed by atoms with Crippen LogP contribution in [0.2, 0.25) is 0 Å². The van der Waals surface area contributed by atoms with Crippen LogP contribution in [0.4, 0.5) is 18.9 Å². The Kier molecular flexibility index (Phi) is 5.44. The lowest BCUT2D eigenvalue weighted by atomic mass is 9.91. The Morgan fingerprint density at radius 1 is 1.31 bits per heavy atom. The fraction of sp³-hybridized carbons (Fsp3) is 0.211. The van der Waals surface area contributed by atoms with Gasteiger partial charge in [0.1, 0.15) is 0 Å². The number of anilines is 1. The van der Waals surface area contributed by atoms with Crippen LogP contribution in [-0.2, 0) is 5.54 Å². The van der Waals surface area contributed by atoms with Crippen LogP contribution in [0.5, 0.6) is 0 Å². The summed E-state index contributed by atoms with van der Waals surface area (Å²) in [4.78, 5) is 12.4. The molecule has 0 bridgehead atoms. The SMILES string of the molecule is CN1SC[C@@](C)(c2c(F)c(F)cc(NC(=O)c3ccc(C#N)cc3)c2F)NC1=N. The van der Waals surface area contributed by atoms with Crippen molar-refractivity contribution >= 4 is 29.5 Å². The zero-order valence-corrected chi connectivity index (χ0v) is 16.3. The molecule has 0 radical (unpaired) electrons. The Hall–Kier alpha value is -3.19. The predicted octanol–water partition coefficient (Wildman–Crippen LogP) is 3.56. The van der Waals surface area contributed by atoms with E-state index in [0.29, 0.717) is 11.6 Å². The van der Waals surface area contributed by atoms with E-state index in [1.54, 1.807) is 7.05 Å². The molecule has 29 heavy (non-hydrogen) atoms. The summed E-state index contributed by atoms with van der Waals surface area (Å²) in [6.45, 7) is 1.45. The average molecular weight is 419 g/mol. The standard InChI is InChI=1S/C19H16F3N5OS/c1-19(9-29-27(2)18(24)26-19)14-15(21)12(20)7-13(16(14)22)25-17(28)11-5-3-10(8-23)4-6-11/h3-7H,9H2,1-2H3,(H2,24,26)(H,25,28)/t19-/m0/s1. The van der Waals surface area contributed by atoms with E-state index in [-0.39, 0.29) is 17.3 Å². The molecule has 3 rings (SSSR count). The van der Waals surface area contributed by atoms with Crippen molar-refractivity contribution in [2.45, 2.75) is 12.5 Å². The zero-order chi connectivity index (χ0) is 21.3. The summed E-state index contributed by atoms with van der Waals surface area (Å²) >= 11 is 1.15. The van der Waals surface area contributed by atoms with Crippen LogP contribution in [-0.4, -0.2) is 29.0 Å². The molecule has 6 nitrogen and oxygen atoms in total. The van der Waals surface area contributed by atoms with Crippen molar-refractivity contribution in [3.8, 4) is 6.07 Å². The first-order valence-electron chi connectivity index (χ1n) is 8.39. The van der Waals surface area contributed by atoms with E-state index in [2.05, 4.69) is 10.6 Å². The quantitative estimate of drug-likeness (QED) is 0.523. The summed E-state index contributed by atoms with van der Waals surface area (Å²) in [5, 5.41) is 21.6. The number of hydrogen-bond donors (Lipinski definition) is 3. The predicted molar refractivity (Wildman–Crippen MR) is 104 cm³/mol. The van der Waals surface area contributed by atoms with E-state index >= 15 is 4.39 Å². The Balaban J connectivity index is 1.98. The molecule has 1 heterocycles. The van der Waals surface area contributed by atoms with Crippen molar-refractivity contribution in [2.24, 2.45) is 0 Å². The van der Waals surface area contributed by atoms with Gasteiger partial charge in [0.25, 0.3) is 5.91 Å². The first-order valence-corrected chi connectivity index (χ1v) is 9.33. The lowest BCUT2D eigenvalue weighted by Gasteiger charge is -2.40. The molecule has 1 saturated heterocycles. The third-order valence-electron chi connectivity index (χ3n) is 4.49. The van der Waals surface area contributed by atoms with Gasteiger partial charge in [-0.2, -0.15) is 5.26 Å². The van der Waals surface area contributed by atoms with Crippen molar-refractivity contribution in [1.82, 2.24) is 9.62 Å². The second-order valence-electron chi connectivity index (χ2n) is 6.63. The highest BCUT2D eigenvalue weighted by Crippen LogP contribution is 2.37. The summed E-state index contributed by atoms with van der Waals surface area (Å²) in [7, 11) is 1.61. The van der Waals surface area contributed by atoms with Gasteiger partial charge in [-0.1, -0.05) is 0 Å². The average Bonchev–Trinajstić information content (AvgIpc) is 2.69. The molecule has 150 valence electrons. The second-order valence-corrected chi connectivity index (χ2v) is 7.72. The van der Waals surface area contributed by atoms with Gasteiger partial charge in [0.15, 0.2) is 17.5 Å². The van der Waals surface area contributed by atoms with Crippen LogP contribution in [0.1, 0.15) is 28.4 Å². The first-order chi connectivity index (χ1) is 13.7. The third-order valence-corrected chi connectivity index (χ3v) is 5.76. The van der Waals surface area contributed by atoms with Crippen LogP contribution in [0.25, 0.3) is 0 Å². The topological polar surface area (TPSA) is 92.0 Å². The Labute approximate surface area is 169 Å². The van der Waals surface area contributed by atoms with Crippen LogP contribution in [0.3, 0.4) is 0 Å². The van der Waals surface area contributed by atoms with Gasteiger partial charge in [0.05, 0.1) is 28.4 Å². The molecular formula is C19H16F3N5OS. The van der Waals surface area contributed by atoms with E-state index in [9.17, 15) is 13.6 Å². The highest BCUT2D eigenvalue weighted by atomic mass is 32.2. The number of nitriles is 1. The fourth-order valence-electron chi connectivity index (χ4n) is 2.87. The minimum Gasteiger partial charge on any atom is -0.345 e. The molecule has 2 aromatic rings. The molecule has 0 aliphatic carbocycles. The summed E-state index contributed by atoms with van der Waals surface area (Å²) < 4.78 is 45.4. The van der Waals surface area contributed by atoms with E-state index < -0.39 is 40.1 Å². The molecule has 2 aromatic carbocycles. The normalized spacial score (nSPS) is 18.8. The number of carbonyl (C=O) groups is 1. The van der Waals surface area contributed by atoms with E-state index in [0.717, 1.165) is 11.9 Å². The highest BCUT2D eigenvalue weighted by Gasteiger charge is 2.40. The number of nitrogens with one attached hydrogen (secondary N) is 3. The van der Waals surface area contributed by atoms with Crippen LogP contribution < -0.4 is 10.6 Å². The zero-order valence-electron chi connectivity index (χ0n) is 15.4. The molecular weight excluding hydrogens is 403 g/mol. The van der Waals surface area contributed by atoms with Crippen LogP contribution in [0.15, 0.2) is 30.3 Å². The fourth-order valence-corrected chi connectivity index (χ4v) is 3.71. The molecule has 0 spiro atoms. The molecule has 1 aliphatic heterocycles. The largest absolute Gasteiger partial charge is 0.345 e. The molecule has 1 aliphatic rings. The smallest absolute Gasteiger partial charge is 0.255 e. The lowest BCUT2D eigenvalue weighted by molar-refractivity contribution is 0.102. The Morgan fingerprint density at radius 3 is 2.55 bits per heavy atom. The number of nitrogens with zero attached hydrogens (tertiary/aromatic N) is 2. The van der Waals surface area contributed by atoms with Crippen molar-refractivity contribution in [3.05, 3.63) is 64.5 Å². The van der Waals surface area contributed by atoms with Crippen molar-refractivity contribution in [2.75, 3.05) is 18.1 Å². The Morgan fingerprint density at radius 2 is 1.97 bits per heavy atom. The van der Waals surface area contributed by atoms with E-state index in [1.807, 2.05) is 6.07 Å². The summed E-state index contributed by atoms with van der Waals surface area (Å²) in [5.74, 6) is -4.53. The maximum atomic E-state index is 15.2. The molecule has 1 atom stereocenters. The number of rotatable bonds is 3. The molecule has 1 amide bonds. The maximum absolute atomic E-state index is 15.2. The van der Waals surface area contributed by atoms with Gasteiger partial charge in [-0.05, 0) is 43.1 Å². The summed E-state index contributed by atoms with van der Waals surface area (Å²) in [5.41, 5.74) is -2.07. The summed E-state index contributed by atoms with van der Waals surface area (Å²) in [6, 6.07) is 8.04. The number of hydrogen-bond acceptors (Lipinski definition) is 4. The molecule has 0 unspecified atom stereocenters. The first kappa shape index (κ1) is 20.5. The lowest BCUT2D eigenvalue weighted by Crippen LogP contribution is -2.54. The summed E-state index contributed by atoms with van der Waals surface area (Å²) in [6.07, 6.45) is 0. The Bertz CT molecular complexity index is 1040. The van der Waals surface area contributed by atoms with Gasteiger partial charge in [0.2, 0.25) is 5.96 Å². The molecule has 0 aromatic heterocycles. The number of amides is 1. The van der Waals surface area contributed by atoms with Gasteiger partial charge in [0, 0.05) is 24.4 Å². The van der Waals surface area contributed by atoms with Crippen molar-refractivity contribution in [1.29, 1.82) is 10.7 Å². The molecule has 3 N–H and O–H groups in total. The monoisotopic (exact) mass is 419 g/mol. The van der Waals surface area contributed by atoms with Crippen LogP contribution in [0, 0.1) is 34.2 Å². The minimum atomic E-state index is -1.40. The maximum Gasteiger partial charge on any atom is 0.255 e. The van der Waals surface area contributed by atoms with Gasteiger partial charge >= 0.3 is 0 Å². The van der Waals surface area contributed by atoms with Gasteiger partial charge in [-0.3, -0.25) is 14.5 Å². The van der Waals surface area contributed by atoms with Crippen LogP contribution >= 0.6 is 11.9 Å². The van der Waals surface area contributed by atoms with Gasteiger partial charge < -0.3 is 10.6 Å². The number of halogens is 3. The third kappa shape index (κ3) is 3.86. The van der Waals surface area contributed by atoms with Crippen molar-refractivity contribution < 1.29 is 18.0 Å². The number of guanidine groups is 1. The molecule has 0 saturated carbocycles. The second kappa shape index (κ2) is 7.67. The number of carbonyl (C=O) groups excluding carboxylic acids is 1.